The fourth-order valence-electron chi connectivity index (χ4n) is 1.26. The van der Waals surface area contributed by atoms with Crippen LogP contribution in [-0.2, 0) is 9.53 Å². The molecule has 0 fully saturated rings. The topological polar surface area (TPSA) is 81.0 Å². The predicted octanol–water partition coefficient (Wildman–Crippen LogP) is 0.199. The van der Waals surface area contributed by atoms with Crippen molar-refractivity contribution < 1.29 is 9.53 Å². The number of methoxy groups -OCH3 is 1. The van der Waals surface area contributed by atoms with E-state index in [1.165, 1.54) is 7.11 Å². The van der Waals surface area contributed by atoms with Gasteiger partial charge in [-0.05, 0) is 13.8 Å². The lowest BCUT2D eigenvalue weighted by Gasteiger charge is -2.08. The molecule has 0 saturated carbocycles. The van der Waals surface area contributed by atoms with Crippen LogP contribution in [0.1, 0.15) is 23.0 Å². The first-order chi connectivity index (χ1) is 6.07. The molecule has 1 rings (SSSR count). The van der Waals surface area contributed by atoms with Crippen LogP contribution in [0.3, 0.4) is 0 Å². The summed E-state index contributed by atoms with van der Waals surface area (Å²) in [6.45, 7) is 3.61. The highest BCUT2D eigenvalue weighted by Crippen LogP contribution is 2.17. The smallest absolute Gasteiger partial charge is 0.327 e. The first-order valence-corrected chi connectivity index (χ1v) is 3.92. The number of aromatic nitrogens is 2. The van der Waals surface area contributed by atoms with Crippen molar-refractivity contribution in [3.63, 3.8) is 0 Å². The molecule has 5 nitrogen and oxygen atoms in total. The number of rotatable bonds is 2. The Morgan fingerprint density at radius 2 is 2.23 bits per heavy atom. The zero-order chi connectivity index (χ0) is 10.0. The second-order valence-electron chi connectivity index (χ2n) is 2.85. The van der Waals surface area contributed by atoms with Crippen molar-refractivity contribution >= 4 is 5.97 Å². The molecule has 1 unspecified atom stereocenters. The number of hydrogen-bond acceptors (Lipinski definition) is 4. The highest BCUT2D eigenvalue weighted by Gasteiger charge is 2.22. The van der Waals surface area contributed by atoms with E-state index < -0.39 is 12.0 Å². The van der Waals surface area contributed by atoms with Gasteiger partial charge in [-0.2, -0.15) is 5.10 Å². The van der Waals surface area contributed by atoms with E-state index in [0.717, 1.165) is 11.4 Å². The summed E-state index contributed by atoms with van der Waals surface area (Å²) in [5.74, 6) is -0.451. The Morgan fingerprint density at radius 3 is 2.62 bits per heavy atom. The van der Waals surface area contributed by atoms with Crippen molar-refractivity contribution in [1.29, 1.82) is 0 Å². The van der Waals surface area contributed by atoms with Gasteiger partial charge in [0.1, 0.15) is 6.04 Å². The van der Waals surface area contributed by atoms with Crippen molar-refractivity contribution in [2.75, 3.05) is 7.11 Å². The van der Waals surface area contributed by atoms with Gasteiger partial charge in [-0.25, -0.2) is 0 Å². The van der Waals surface area contributed by atoms with Crippen LogP contribution in [0, 0.1) is 13.8 Å². The monoisotopic (exact) mass is 183 g/mol. The molecule has 0 amide bonds. The van der Waals surface area contributed by atoms with Crippen molar-refractivity contribution in [2.45, 2.75) is 19.9 Å². The maximum atomic E-state index is 11.1. The zero-order valence-electron chi connectivity index (χ0n) is 7.92. The van der Waals surface area contributed by atoms with Crippen LogP contribution in [0.15, 0.2) is 0 Å². The van der Waals surface area contributed by atoms with Gasteiger partial charge in [-0.15, -0.1) is 0 Å². The average molecular weight is 183 g/mol. The molecule has 1 atom stereocenters. The molecule has 0 spiro atoms. The summed E-state index contributed by atoms with van der Waals surface area (Å²) >= 11 is 0. The summed E-state index contributed by atoms with van der Waals surface area (Å²) in [6.07, 6.45) is 0. The Morgan fingerprint density at radius 1 is 1.62 bits per heavy atom. The molecule has 5 heteroatoms. The molecule has 0 aromatic carbocycles. The highest BCUT2D eigenvalue weighted by atomic mass is 16.5. The van der Waals surface area contributed by atoms with E-state index in [0.29, 0.717) is 5.56 Å². The standard InChI is InChI=1S/C8H13N3O2/c1-4-6(5(2)11-10-4)7(9)8(12)13-3/h7H,9H2,1-3H3,(H,10,11). The van der Waals surface area contributed by atoms with Crippen LogP contribution in [0.25, 0.3) is 0 Å². The number of aromatic amines is 1. The molecule has 3 N–H and O–H groups in total. The summed E-state index contributed by atoms with van der Waals surface area (Å²) in [5, 5.41) is 6.70. The molecule has 0 bridgehead atoms. The summed E-state index contributed by atoms with van der Waals surface area (Å²) in [5.41, 5.74) is 7.91. The minimum atomic E-state index is -0.747. The molecular formula is C8H13N3O2. The maximum Gasteiger partial charge on any atom is 0.327 e. The van der Waals surface area contributed by atoms with Crippen LogP contribution in [0.2, 0.25) is 0 Å². The fourth-order valence-corrected chi connectivity index (χ4v) is 1.26. The number of nitrogens with two attached hydrogens (primary N) is 1. The molecular weight excluding hydrogens is 170 g/mol. The van der Waals surface area contributed by atoms with E-state index in [-0.39, 0.29) is 0 Å². The Labute approximate surface area is 76.3 Å². The number of nitrogens with zero attached hydrogens (tertiary/aromatic N) is 1. The lowest BCUT2D eigenvalue weighted by atomic mass is 10.1. The Kier molecular flexibility index (Phi) is 2.67. The van der Waals surface area contributed by atoms with Gasteiger partial charge in [0, 0.05) is 11.3 Å². The van der Waals surface area contributed by atoms with Gasteiger partial charge in [0.15, 0.2) is 0 Å². The second-order valence-corrected chi connectivity index (χ2v) is 2.85. The van der Waals surface area contributed by atoms with E-state index in [9.17, 15) is 4.79 Å². The van der Waals surface area contributed by atoms with E-state index in [1.54, 1.807) is 6.92 Å². The number of ether oxygens (including phenoxy) is 1. The molecule has 0 aliphatic heterocycles. The molecule has 1 aromatic heterocycles. The molecule has 0 saturated heterocycles. The summed E-state index contributed by atoms with van der Waals surface area (Å²) in [6, 6.07) is -0.747. The van der Waals surface area contributed by atoms with Gasteiger partial charge in [0.05, 0.1) is 12.8 Å². The SMILES string of the molecule is COC(=O)C(N)c1c(C)n[nH]c1C. The molecule has 72 valence electrons. The normalized spacial score (nSPS) is 12.6. The molecule has 13 heavy (non-hydrogen) atoms. The quantitative estimate of drug-likeness (QED) is 0.642. The zero-order valence-corrected chi connectivity index (χ0v) is 7.92. The van der Waals surface area contributed by atoms with Crippen LogP contribution in [0.5, 0.6) is 0 Å². The van der Waals surface area contributed by atoms with E-state index in [2.05, 4.69) is 14.9 Å². The van der Waals surface area contributed by atoms with Crippen molar-refractivity contribution in [1.82, 2.24) is 10.2 Å². The number of carbonyl (C=O) groups is 1. The second kappa shape index (κ2) is 3.57. The van der Waals surface area contributed by atoms with Gasteiger partial charge < -0.3 is 10.5 Å². The average Bonchev–Trinajstić information content (AvgIpc) is 2.44. The van der Waals surface area contributed by atoms with E-state index in [1.807, 2.05) is 6.92 Å². The van der Waals surface area contributed by atoms with Gasteiger partial charge in [0.2, 0.25) is 0 Å². The lowest BCUT2D eigenvalue weighted by molar-refractivity contribution is -0.142. The van der Waals surface area contributed by atoms with Crippen molar-refractivity contribution in [2.24, 2.45) is 5.73 Å². The number of carbonyl (C=O) groups excluding carboxylic acids is 1. The highest BCUT2D eigenvalue weighted by molar-refractivity contribution is 5.77. The van der Waals surface area contributed by atoms with E-state index >= 15 is 0 Å². The van der Waals surface area contributed by atoms with E-state index in [4.69, 9.17) is 5.73 Å². The Bertz CT molecular complexity index is 300. The van der Waals surface area contributed by atoms with Gasteiger partial charge in [0.25, 0.3) is 0 Å². The van der Waals surface area contributed by atoms with Crippen LogP contribution < -0.4 is 5.73 Å². The number of hydrogen-bond donors (Lipinski definition) is 2. The van der Waals surface area contributed by atoms with Gasteiger partial charge in [-0.3, -0.25) is 9.89 Å². The first-order valence-electron chi connectivity index (χ1n) is 3.92. The number of esters is 1. The first kappa shape index (κ1) is 9.73. The lowest BCUT2D eigenvalue weighted by Crippen LogP contribution is -2.23. The molecule has 0 aliphatic carbocycles. The molecule has 0 radical (unpaired) electrons. The molecule has 1 aromatic rings. The molecule has 0 aliphatic rings. The van der Waals surface area contributed by atoms with Crippen LogP contribution >= 0.6 is 0 Å². The molecule has 1 heterocycles. The number of nitrogens with one attached hydrogen (secondary N) is 1. The minimum absolute atomic E-state index is 0.451. The third-order valence-electron chi connectivity index (χ3n) is 1.95. The van der Waals surface area contributed by atoms with Crippen LogP contribution in [0.4, 0.5) is 0 Å². The summed E-state index contributed by atoms with van der Waals surface area (Å²) in [4.78, 5) is 11.1. The van der Waals surface area contributed by atoms with Gasteiger partial charge >= 0.3 is 5.97 Å². The fraction of sp³-hybridized carbons (Fsp3) is 0.500. The summed E-state index contributed by atoms with van der Waals surface area (Å²) in [7, 11) is 1.31. The van der Waals surface area contributed by atoms with Crippen molar-refractivity contribution in [3.05, 3.63) is 17.0 Å². The van der Waals surface area contributed by atoms with Gasteiger partial charge in [-0.1, -0.05) is 0 Å². The van der Waals surface area contributed by atoms with Crippen molar-refractivity contribution in [3.8, 4) is 0 Å². The summed E-state index contributed by atoms with van der Waals surface area (Å²) < 4.78 is 4.54. The van der Waals surface area contributed by atoms with Crippen LogP contribution in [-0.4, -0.2) is 23.3 Å². The Balaban J connectivity index is 3.00. The maximum absolute atomic E-state index is 11.1. The predicted molar refractivity (Wildman–Crippen MR) is 47.0 cm³/mol. The third kappa shape index (κ3) is 1.70. The minimum Gasteiger partial charge on any atom is -0.468 e. The number of aryl methyl sites for hydroxylation is 2. The Hall–Kier alpha value is -1.36. The number of H-pyrrole nitrogens is 1. The largest absolute Gasteiger partial charge is 0.468 e. The third-order valence-corrected chi connectivity index (χ3v) is 1.95.